The summed E-state index contributed by atoms with van der Waals surface area (Å²) in [6.45, 7) is 5.29. The number of rotatable bonds is 4. The topological polar surface area (TPSA) is 21.1 Å². The van der Waals surface area contributed by atoms with Crippen LogP contribution in [0.4, 0.5) is 13.2 Å². The zero-order chi connectivity index (χ0) is 15.7. The van der Waals surface area contributed by atoms with E-state index < -0.39 is 11.7 Å². The molecule has 0 atom stereocenters. The zero-order valence-electron chi connectivity index (χ0n) is 12.3. The van der Waals surface area contributed by atoms with Crippen molar-refractivity contribution < 1.29 is 13.2 Å². The van der Waals surface area contributed by atoms with E-state index in [4.69, 9.17) is 0 Å². The quantitative estimate of drug-likeness (QED) is 0.863. The van der Waals surface area contributed by atoms with E-state index in [9.17, 15) is 13.2 Å². The van der Waals surface area contributed by atoms with Crippen molar-refractivity contribution in [3.8, 4) is 0 Å². The van der Waals surface area contributed by atoms with Crippen LogP contribution < -0.4 is 0 Å². The molecule has 1 saturated heterocycles. The summed E-state index contributed by atoms with van der Waals surface area (Å²) >= 11 is 0. The van der Waals surface area contributed by atoms with Gasteiger partial charge in [0.25, 0.3) is 0 Å². The molecule has 2 aromatic rings. The average Bonchev–Trinajstić information content (AvgIpc) is 2.81. The van der Waals surface area contributed by atoms with E-state index in [0.29, 0.717) is 18.0 Å². The molecular formula is C16H18F3N3. The minimum atomic E-state index is -4.27. The molecule has 0 N–H and O–H groups in total. The van der Waals surface area contributed by atoms with Gasteiger partial charge in [0.2, 0.25) is 0 Å². The Labute approximate surface area is 127 Å². The molecule has 1 aromatic carbocycles. The summed E-state index contributed by atoms with van der Waals surface area (Å²) in [5.41, 5.74) is 0.142. The summed E-state index contributed by atoms with van der Waals surface area (Å²) in [5, 5.41) is 0. The van der Waals surface area contributed by atoms with Crippen LogP contribution in [0.1, 0.15) is 17.0 Å². The zero-order valence-corrected chi connectivity index (χ0v) is 12.3. The van der Waals surface area contributed by atoms with Crippen LogP contribution >= 0.6 is 0 Å². The summed E-state index contributed by atoms with van der Waals surface area (Å²) in [6.07, 6.45) is -0.522. The van der Waals surface area contributed by atoms with Crippen LogP contribution in [-0.4, -0.2) is 27.5 Å². The van der Waals surface area contributed by atoms with Crippen LogP contribution in [0.15, 0.2) is 36.7 Å². The highest BCUT2D eigenvalue weighted by molar-refractivity contribution is 5.25. The molecule has 0 bridgehead atoms. The highest BCUT2D eigenvalue weighted by Gasteiger charge is 2.31. The minimum absolute atomic E-state index is 0.540. The lowest BCUT2D eigenvalue weighted by Crippen LogP contribution is -2.47. The van der Waals surface area contributed by atoms with Gasteiger partial charge in [-0.25, -0.2) is 4.98 Å². The van der Waals surface area contributed by atoms with Gasteiger partial charge in [-0.3, -0.25) is 4.90 Å². The molecule has 3 rings (SSSR count). The van der Waals surface area contributed by atoms with Gasteiger partial charge in [-0.1, -0.05) is 18.2 Å². The van der Waals surface area contributed by atoms with Gasteiger partial charge < -0.3 is 4.57 Å². The van der Waals surface area contributed by atoms with E-state index in [1.54, 1.807) is 12.3 Å². The second-order valence-corrected chi connectivity index (χ2v) is 5.89. The first-order valence-corrected chi connectivity index (χ1v) is 7.28. The molecule has 118 valence electrons. The van der Waals surface area contributed by atoms with Crippen molar-refractivity contribution in [2.75, 3.05) is 13.1 Å². The third-order valence-corrected chi connectivity index (χ3v) is 4.07. The smallest absolute Gasteiger partial charge is 0.335 e. The Morgan fingerprint density at radius 1 is 1.27 bits per heavy atom. The Bertz CT molecular complexity index is 642. The van der Waals surface area contributed by atoms with Gasteiger partial charge in [0.15, 0.2) is 0 Å². The van der Waals surface area contributed by atoms with Crippen LogP contribution in [0.2, 0.25) is 0 Å². The number of aromatic nitrogens is 2. The van der Waals surface area contributed by atoms with Crippen molar-refractivity contribution in [3.63, 3.8) is 0 Å². The number of halogens is 3. The van der Waals surface area contributed by atoms with Gasteiger partial charge in [-0.2, -0.15) is 13.2 Å². The first kappa shape index (κ1) is 15.1. The third-order valence-electron chi connectivity index (χ3n) is 4.07. The number of likely N-dealkylation sites (tertiary alicyclic amines) is 1. The monoisotopic (exact) mass is 309 g/mol. The first-order valence-electron chi connectivity index (χ1n) is 7.28. The molecule has 1 aliphatic heterocycles. The molecule has 1 aromatic heterocycles. The summed E-state index contributed by atoms with van der Waals surface area (Å²) < 4.78 is 40.2. The fourth-order valence-corrected chi connectivity index (χ4v) is 2.90. The van der Waals surface area contributed by atoms with E-state index >= 15 is 0 Å². The summed E-state index contributed by atoms with van der Waals surface area (Å²) in [4.78, 5) is 6.36. The minimum Gasteiger partial charge on any atom is -0.335 e. The number of nitrogens with zero attached hydrogens (tertiary/aromatic N) is 3. The molecule has 0 unspecified atom stereocenters. The fourth-order valence-electron chi connectivity index (χ4n) is 2.90. The maximum Gasteiger partial charge on any atom is 0.416 e. The Hall–Kier alpha value is -1.82. The van der Waals surface area contributed by atoms with E-state index in [-0.39, 0.29) is 0 Å². The molecule has 0 aliphatic carbocycles. The van der Waals surface area contributed by atoms with Crippen molar-refractivity contribution in [2.24, 2.45) is 5.92 Å². The molecule has 1 fully saturated rings. The molecule has 6 heteroatoms. The van der Waals surface area contributed by atoms with E-state index in [2.05, 4.69) is 14.5 Å². The number of imidazole rings is 1. The third kappa shape index (κ3) is 3.32. The lowest BCUT2D eigenvalue weighted by molar-refractivity contribution is -0.137. The van der Waals surface area contributed by atoms with Crippen molar-refractivity contribution in [2.45, 2.75) is 26.2 Å². The van der Waals surface area contributed by atoms with Gasteiger partial charge in [-0.15, -0.1) is 0 Å². The molecule has 0 radical (unpaired) electrons. The second-order valence-electron chi connectivity index (χ2n) is 5.89. The maximum atomic E-state index is 12.7. The van der Waals surface area contributed by atoms with Crippen molar-refractivity contribution in [1.29, 1.82) is 0 Å². The second kappa shape index (κ2) is 5.76. The highest BCUT2D eigenvalue weighted by atomic mass is 19.4. The average molecular weight is 309 g/mol. The summed E-state index contributed by atoms with van der Waals surface area (Å²) in [5.74, 6) is 1.54. The lowest BCUT2D eigenvalue weighted by Gasteiger charge is -2.39. The van der Waals surface area contributed by atoms with Crippen LogP contribution in [0.3, 0.4) is 0 Å². The molecule has 0 amide bonds. The van der Waals surface area contributed by atoms with Crippen LogP contribution in [-0.2, 0) is 19.3 Å². The van der Waals surface area contributed by atoms with Crippen LogP contribution in [0, 0.1) is 12.8 Å². The van der Waals surface area contributed by atoms with E-state index in [1.807, 2.05) is 13.1 Å². The number of alkyl halides is 3. The maximum absolute atomic E-state index is 12.7. The molecule has 3 nitrogen and oxygen atoms in total. The van der Waals surface area contributed by atoms with Gasteiger partial charge >= 0.3 is 6.18 Å². The molecule has 22 heavy (non-hydrogen) atoms. The molecular weight excluding hydrogens is 291 g/mol. The molecule has 2 heterocycles. The Morgan fingerprint density at radius 2 is 2.05 bits per heavy atom. The van der Waals surface area contributed by atoms with Gasteiger partial charge in [-0.05, 0) is 18.6 Å². The predicted molar refractivity (Wildman–Crippen MR) is 77.2 cm³/mol. The fraction of sp³-hybridized carbons (Fsp3) is 0.438. The Morgan fingerprint density at radius 3 is 2.68 bits per heavy atom. The number of hydrogen-bond acceptors (Lipinski definition) is 2. The summed E-state index contributed by atoms with van der Waals surface area (Å²) in [6, 6.07) is 5.59. The van der Waals surface area contributed by atoms with Gasteiger partial charge in [0.1, 0.15) is 5.82 Å². The number of aryl methyl sites for hydroxylation is 1. The molecule has 0 spiro atoms. The highest BCUT2D eigenvalue weighted by Crippen LogP contribution is 2.30. The normalized spacial score (nSPS) is 16.7. The van der Waals surface area contributed by atoms with E-state index in [0.717, 1.165) is 31.5 Å². The van der Waals surface area contributed by atoms with Gasteiger partial charge in [0, 0.05) is 44.5 Å². The summed E-state index contributed by atoms with van der Waals surface area (Å²) in [7, 11) is 0. The molecule has 0 saturated carbocycles. The van der Waals surface area contributed by atoms with Crippen molar-refractivity contribution in [3.05, 3.63) is 53.6 Å². The lowest BCUT2D eigenvalue weighted by atomic mass is 9.98. The molecule has 1 aliphatic rings. The standard InChI is InChI=1S/C16H18F3N3/c1-12-20-5-6-22(12)11-14-9-21(10-14)8-13-3-2-4-15(7-13)16(17,18)19/h2-7,14H,8-11H2,1H3. The van der Waals surface area contributed by atoms with Crippen molar-refractivity contribution in [1.82, 2.24) is 14.5 Å². The largest absolute Gasteiger partial charge is 0.416 e. The Kier molecular flexibility index (Phi) is 3.95. The van der Waals surface area contributed by atoms with Crippen molar-refractivity contribution >= 4 is 0 Å². The number of benzene rings is 1. The van der Waals surface area contributed by atoms with Crippen LogP contribution in [0.25, 0.3) is 0 Å². The Balaban J connectivity index is 1.53. The van der Waals surface area contributed by atoms with Crippen LogP contribution in [0.5, 0.6) is 0 Å². The van der Waals surface area contributed by atoms with E-state index in [1.165, 1.54) is 12.1 Å². The van der Waals surface area contributed by atoms with Gasteiger partial charge in [0.05, 0.1) is 5.56 Å². The number of hydrogen-bond donors (Lipinski definition) is 0. The predicted octanol–water partition coefficient (Wildman–Crippen LogP) is 3.34. The SMILES string of the molecule is Cc1nccn1CC1CN(Cc2cccc(C(F)(F)F)c2)C1. The first-order chi connectivity index (χ1) is 10.4.